The monoisotopic (exact) mass is 358 g/mol. The summed E-state index contributed by atoms with van der Waals surface area (Å²) in [6.45, 7) is 3.46. The Bertz CT molecular complexity index is 1110. The minimum atomic E-state index is -0.977. The molecule has 2 aromatic carbocycles. The zero-order valence-corrected chi connectivity index (χ0v) is 15.0. The number of aromatic amines is 1. The molecule has 2 heterocycles. The van der Waals surface area contributed by atoms with Crippen LogP contribution in [0.1, 0.15) is 32.9 Å². The smallest absolute Gasteiger partial charge is 0.337 e. The van der Waals surface area contributed by atoms with Crippen LogP contribution in [-0.4, -0.2) is 22.0 Å². The van der Waals surface area contributed by atoms with E-state index in [-0.39, 0.29) is 11.5 Å². The molecule has 5 nitrogen and oxygen atoms in total. The fourth-order valence-corrected chi connectivity index (χ4v) is 3.53. The molecule has 3 aromatic rings. The lowest BCUT2D eigenvalue weighted by molar-refractivity contribution is -0.110. The first-order chi connectivity index (χ1) is 13.0. The number of nitrogens with one attached hydrogen (secondary N) is 2. The van der Waals surface area contributed by atoms with E-state index in [4.69, 9.17) is 0 Å². The molecule has 27 heavy (non-hydrogen) atoms. The molecule has 0 unspecified atom stereocenters. The predicted molar refractivity (Wildman–Crippen MR) is 106 cm³/mol. The summed E-state index contributed by atoms with van der Waals surface area (Å²) in [5, 5.41) is 12.3. The van der Waals surface area contributed by atoms with Gasteiger partial charge in [-0.15, -0.1) is 0 Å². The van der Waals surface area contributed by atoms with E-state index in [1.54, 1.807) is 19.9 Å². The third-order valence-electron chi connectivity index (χ3n) is 4.89. The Balaban J connectivity index is 1.78. The van der Waals surface area contributed by atoms with Crippen LogP contribution in [0, 0.1) is 13.8 Å². The van der Waals surface area contributed by atoms with E-state index in [9.17, 15) is 14.7 Å². The number of rotatable bonds is 3. The fourth-order valence-electron chi connectivity index (χ4n) is 3.53. The van der Waals surface area contributed by atoms with E-state index in [1.165, 1.54) is 0 Å². The van der Waals surface area contributed by atoms with Crippen molar-refractivity contribution in [1.29, 1.82) is 0 Å². The molecule has 1 aliphatic rings. The van der Waals surface area contributed by atoms with Gasteiger partial charge in [0.1, 0.15) is 0 Å². The number of fused-ring (bicyclic) bond motifs is 1. The number of aryl methyl sites for hydroxylation is 1. The van der Waals surface area contributed by atoms with Crippen LogP contribution in [0.15, 0.2) is 48.5 Å². The van der Waals surface area contributed by atoms with Gasteiger partial charge in [-0.1, -0.05) is 42.5 Å². The van der Waals surface area contributed by atoms with Crippen molar-refractivity contribution in [2.45, 2.75) is 13.8 Å². The summed E-state index contributed by atoms with van der Waals surface area (Å²) >= 11 is 0. The molecule has 134 valence electrons. The number of carboxylic acid groups (broad SMARTS) is 1. The number of benzene rings is 2. The molecule has 0 fully saturated rings. The Labute approximate surface area is 156 Å². The Morgan fingerprint density at radius 1 is 1.04 bits per heavy atom. The van der Waals surface area contributed by atoms with Gasteiger partial charge >= 0.3 is 5.97 Å². The van der Waals surface area contributed by atoms with Gasteiger partial charge in [-0.05, 0) is 42.7 Å². The molecule has 0 atom stereocenters. The minimum Gasteiger partial charge on any atom is -0.478 e. The van der Waals surface area contributed by atoms with Crippen molar-refractivity contribution in [2.75, 3.05) is 5.32 Å². The zero-order valence-electron chi connectivity index (χ0n) is 15.0. The largest absolute Gasteiger partial charge is 0.478 e. The number of H-pyrrole nitrogens is 1. The molecule has 1 amide bonds. The third-order valence-corrected chi connectivity index (χ3v) is 4.89. The van der Waals surface area contributed by atoms with Crippen molar-refractivity contribution in [2.24, 2.45) is 0 Å². The van der Waals surface area contributed by atoms with Gasteiger partial charge in [0.2, 0.25) is 0 Å². The Kier molecular flexibility index (Phi) is 3.92. The molecule has 1 aliphatic heterocycles. The van der Waals surface area contributed by atoms with Gasteiger partial charge in [-0.2, -0.15) is 0 Å². The first-order valence-electron chi connectivity index (χ1n) is 8.61. The lowest BCUT2D eigenvalue weighted by Gasteiger charge is -2.04. The Morgan fingerprint density at radius 2 is 1.78 bits per heavy atom. The van der Waals surface area contributed by atoms with Crippen LogP contribution in [0.25, 0.3) is 22.8 Å². The van der Waals surface area contributed by atoms with Gasteiger partial charge < -0.3 is 15.4 Å². The van der Waals surface area contributed by atoms with Crippen molar-refractivity contribution < 1.29 is 14.7 Å². The maximum Gasteiger partial charge on any atom is 0.337 e. The minimum absolute atomic E-state index is 0.196. The number of carbonyl (C=O) groups excluding carboxylic acids is 1. The first kappa shape index (κ1) is 16.8. The highest BCUT2D eigenvalue weighted by atomic mass is 16.4. The summed E-state index contributed by atoms with van der Waals surface area (Å²) in [6.07, 6.45) is 1.72. The van der Waals surface area contributed by atoms with Crippen molar-refractivity contribution in [1.82, 2.24) is 4.98 Å². The Morgan fingerprint density at radius 3 is 2.44 bits per heavy atom. The van der Waals surface area contributed by atoms with Crippen LogP contribution >= 0.6 is 0 Å². The van der Waals surface area contributed by atoms with Crippen LogP contribution in [0.4, 0.5) is 5.69 Å². The Hall–Kier alpha value is -3.60. The van der Waals surface area contributed by atoms with Crippen LogP contribution in [0.3, 0.4) is 0 Å². The normalized spacial score (nSPS) is 14.3. The molecule has 0 radical (unpaired) electrons. The average molecular weight is 358 g/mol. The van der Waals surface area contributed by atoms with Crippen molar-refractivity contribution >= 4 is 29.2 Å². The lowest BCUT2D eigenvalue weighted by Crippen LogP contribution is -2.03. The molecule has 4 rings (SSSR count). The molecule has 3 N–H and O–H groups in total. The molecular weight excluding hydrogens is 340 g/mol. The van der Waals surface area contributed by atoms with E-state index in [0.29, 0.717) is 22.5 Å². The molecule has 0 saturated carbocycles. The zero-order chi connectivity index (χ0) is 19.1. The standard InChI is InChI=1S/C22H18N2O3/c1-12-18(23-13(2)20(12)22(26)27)11-17-16-9-8-15(10-19(16)24-21(17)25)14-6-4-3-5-7-14/h3-11,23H,1-2H3,(H,24,25)(H,26,27). The lowest BCUT2D eigenvalue weighted by atomic mass is 9.99. The molecule has 1 aromatic heterocycles. The number of hydrogen-bond acceptors (Lipinski definition) is 2. The first-order valence-corrected chi connectivity index (χ1v) is 8.61. The quantitative estimate of drug-likeness (QED) is 0.603. The third kappa shape index (κ3) is 2.83. The summed E-state index contributed by atoms with van der Waals surface area (Å²) in [4.78, 5) is 27.0. The SMILES string of the molecule is Cc1[nH]c(C=C2C(=O)Nc3cc(-c4ccccc4)ccc32)c(C)c1C(=O)O. The van der Waals surface area contributed by atoms with E-state index in [1.807, 2.05) is 48.5 Å². The highest BCUT2D eigenvalue weighted by Crippen LogP contribution is 2.36. The highest BCUT2D eigenvalue weighted by Gasteiger charge is 2.26. The second-order valence-corrected chi connectivity index (χ2v) is 6.61. The summed E-state index contributed by atoms with van der Waals surface area (Å²) < 4.78 is 0. The van der Waals surface area contributed by atoms with E-state index < -0.39 is 5.97 Å². The summed E-state index contributed by atoms with van der Waals surface area (Å²) in [5.74, 6) is -1.17. The molecule has 0 spiro atoms. The maximum atomic E-state index is 12.5. The van der Waals surface area contributed by atoms with Crippen molar-refractivity contribution in [3.8, 4) is 11.1 Å². The van der Waals surface area contributed by atoms with Gasteiger partial charge in [-0.3, -0.25) is 4.79 Å². The van der Waals surface area contributed by atoms with E-state index >= 15 is 0 Å². The second-order valence-electron chi connectivity index (χ2n) is 6.61. The highest BCUT2D eigenvalue weighted by molar-refractivity contribution is 6.35. The average Bonchev–Trinajstić information content (AvgIpc) is 3.11. The van der Waals surface area contributed by atoms with Crippen molar-refractivity contribution in [3.05, 3.63) is 76.6 Å². The number of carboxylic acids is 1. The number of aromatic nitrogens is 1. The second kappa shape index (κ2) is 6.29. The summed E-state index contributed by atoms with van der Waals surface area (Å²) in [5.41, 5.74) is 6.26. The van der Waals surface area contributed by atoms with E-state index in [0.717, 1.165) is 22.4 Å². The van der Waals surface area contributed by atoms with Gasteiger partial charge in [-0.25, -0.2) is 4.79 Å². The summed E-state index contributed by atoms with van der Waals surface area (Å²) in [7, 11) is 0. The summed E-state index contributed by atoms with van der Waals surface area (Å²) in [6, 6.07) is 15.8. The number of anilines is 1. The maximum absolute atomic E-state index is 12.5. The van der Waals surface area contributed by atoms with Crippen molar-refractivity contribution in [3.63, 3.8) is 0 Å². The van der Waals surface area contributed by atoms with Gasteiger partial charge in [0.15, 0.2) is 0 Å². The van der Waals surface area contributed by atoms with Crippen LogP contribution in [0.2, 0.25) is 0 Å². The number of aromatic carboxylic acids is 1. The molecule has 5 heteroatoms. The topological polar surface area (TPSA) is 82.2 Å². The van der Waals surface area contributed by atoms with E-state index in [2.05, 4.69) is 10.3 Å². The van der Waals surface area contributed by atoms with Crippen LogP contribution in [0.5, 0.6) is 0 Å². The number of carbonyl (C=O) groups is 2. The number of hydrogen-bond donors (Lipinski definition) is 3. The predicted octanol–water partition coefficient (Wildman–Crippen LogP) is 4.49. The van der Waals surface area contributed by atoms with Gasteiger partial charge in [0.25, 0.3) is 5.91 Å². The van der Waals surface area contributed by atoms with Crippen LogP contribution in [-0.2, 0) is 4.79 Å². The van der Waals surface area contributed by atoms with Gasteiger partial charge in [0, 0.05) is 22.6 Å². The molecule has 0 saturated heterocycles. The molecule has 0 bridgehead atoms. The van der Waals surface area contributed by atoms with Crippen LogP contribution < -0.4 is 5.32 Å². The molecular formula is C22H18N2O3. The fraction of sp³-hybridized carbons (Fsp3) is 0.0909. The van der Waals surface area contributed by atoms with Gasteiger partial charge in [0.05, 0.1) is 11.1 Å². The number of amides is 1. The molecule has 0 aliphatic carbocycles.